The van der Waals surface area contributed by atoms with Gasteiger partial charge in [0.15, 0.2) is 0 Å². The number of aryl methyl sites for hydroxylation is 2. The molecule has 0 aliphatic heterocycles. The van der Waals surface area contributed by atoms with Crippen LogP contribution in [0.3, 0.4) is 0 Å². The van der Waals surface area contributed by atoms with E-state index >= 15 is 0 Å². The average Bonchev–Trinajstić information content (AvgIpc) is 2.61. The summed E-state index contributed by atoms with van der Waals surface area (Å²) in [4.78, 5) is 9.10. The van der Waals surface area contributed by atoms with Crippen LogP contribution in [0.15, 0.2) is 65.6 Å². The predicted molar refractivity (Wildman–Crippen MR) is 120 cm³/mol. The largest absolute Gasteiger partial charge is 2.00 e. The first-order valence-corrected chi connectivity index (χ1v) is 8.71. The van der Waals surface area contributed by atoms with E-state index in [9.17, 15) is 0 Å². The Balaban J connectivity index is 0.000000574. The van der Waals surface area contributed by atoms with E-state index in [-0.39, 0.29) is 35.6 Å². The number of rotatable bonds is 1. The standard InChI is InChI=1S/C15H11N2.C7H6Br.ClH.Fe.H3N/c1-3-13-9-8-12-7-6-11-5-4-10(2)16-14(11)15(12)17-13;1-6-3-2-4-7(8)5-6;;;/h4-9H,1H2,2H3;2-4H,1H3;1H;;1H3/q2*-1;;+2;. The molecule has 2 aromatic heterocycles. The Kier molecular flexibility index (Phi) is 11.2. The Morgan fingerprint density at radius 1 is 0.893 bits per heavy atom. The number of hydrogen-bond donors (Lipinski definition) is 1. The minimum atomic E-state index is 0. The summed E-state index contributed by atoms with van der Waals surface area (Å²) in [7, 11) is 0. The van der Waals surface area contributed by atoms with Crippen LogP contribution in [0.2, 0.25) is 0 Å². The summed E-state index contributed by atoms with van der Waals surface area (Å²) >= 11 is 3.31. The molecule has 0 fully saturated rings. The molecule has 0 amide bonds. The molecular formula is C22H21BrClFeN3. The third kappa shape index (κ3) is 6.40. The number of fused-ring (bicyclic) bond motifs is 3. The van der Waals surface area contributed by atoms with Gasteiger partial charge >= 0.3 is 17.1 Å². The Labute approximate surface area is 191 Å². The van der Waals surface area contributed by atoms with E-state index in [2.05, 4.69) is 62.8 Å². The fourth-order valence-corrected chi connectivity index (χ4v) is 2.98. The molecule has 0 radical (unpaired) electrons. The van der Waals surface area contributed by atoms with Crippen LogP contribution in [0.4, 0.5) is 0 Å². The van der Waals surface area contributed by atoms with Gasteiger partial charge in [-0.2, -0.15) is 42.5 Å². The van der Waals surface area contributed by atoms with Gasteiger partial charge in [0.2, 0.25) is 0 Å². The first-order chi connectivity index (χ1) is 12.1. The summed E-state index contributed by atoms with van der Waals surface area (Å²) in [5.74, 6) is 0. The van der Waals surface area contributed by atoms with Crippen LogP contribution in [0.1, 0.15) is 17.0 Å². The van der Waals surface area contributed by atoms with Gasteiger partial charge in [-0.3, -0.25) is 9.97 Å². The molecular weight excluding hydrogens is 477 g/mol. The molecule has 2 heterocycles. The van der Waals surface area contributed by atoms with Crippen molar-refractivity contribution in [2.24, 2.45) is 0 Å². The van der Waals surface area contributed by atoms with Crippen molar-refractivity contribution in [2.45, 2.75) is 13.8 Å². The second-order valence-electron chi connectivity index (χ2n) is 5.72. The van der Waals surface area contributed by atoms with E-state index in [1.54, 1.807) is 0 Å². The van der Waals surface area contributed by atoms with Crippen LogP contribution in [0.25, 0.3) is 21.8 Å². The van der Waals surface area contributed by atoms with Gasteiger partial charge < -0.3 is 6.15 Å². The number of benzene rings is 2. The molecule has 0 atom stereocenters. The second kappa shape index (κ2) is 11.9. The van der Waals surface area contributed by atoms with Gasteiger partial charge in [-0.05, 0) is 18.4 Å². The molecule has 0 bridgehead atoms. The Bertz CT molecular complexity index is 1050. The van der Waals surface area contributed by atoms with Gasteiger partial charge in [0.05, 0.1) is 11.0 Å². The first kappa shape index (κ1) is 26.2. The van der Waals surface area contributed by atoms with Gasteiger partial charge in [0, 0.05) is 11.1 Å². The molecule has 0 saturated heterocycles. The molecule has 0 saturated carbocycles. The third-order valence-corrected chi connectivity index (χ3v) is 4.21. The van der Waals surface area contributed by atoms with Crippen molar-refractivity contribution in [3.63, 3.8) is 0 Å². The van der Waals surface area contributed by atoms with Crippen LogP contribution in [0, 0.1) is 26.0 Å². The maximum absolute atomic E-state index is 4.57. The normalized spacial score (nSPS) is 9.25. The molecule has 2 aromatic carbocycles. The van der Waals surface area contributed by atoms with E-state index in [4.69, 9.17) is 0 Å². The van der Waals surface area contributed by atoms with Gasteiger partial charge in [0.25, 0.3) is 0 Å². The summed E-state index contributed by atoms with van der Waals surface area (Å²) in [5.41, 5.74) is 4.78. The van der Waals surface area contributed by atoms with Gasteiger partial charge in [-0.25, -0.2) is 6.08 Å². The zero-order valence-electron chi connectivity index (χ0n) is 15.6. The number of halogens is 2. The minimum Gasteiger partial charge on any atom is -0.344 e. The van der Waals surface area contributed by atoms with Crippen molar-refractivity contribution in [3.05, 3.63) is 94.7 Å². The molecule has 0 unspecified atom stereocenters. The zero-order chi connectivity index (χ0) is 17.8. The molecule has 146 valence electrons. The van der Waals surface area contributed by atoms with Crippen molar-refractivity contribution < 1.29 is 17.1 Å². The van der Waals surface area contributed by atoms with Gasteiger partial charge in [0.1, 0.15) is 0 Å². The van der Waals surface area contributed by atoms with Crippen LogP contribution >= 0.6 is 28.3 Å². The second-order valence-corrected chi connectivity index (χ2v) is 6.57. The van der Waals surface area contributed by atoms with Gasteiger partial charge in [-0.15, -0.1) is 24.2 Å². The predicted octanol–water partition coefficient (Wildman–Crippen LogP) is 6.57. The summed E-state index contributed by atoms with van der Waals surface area (Å²) in [6.07, 6.45) is 2.81. The molecule has 4 aromatic rings. The van der Waals surface area contributed by atoms with Crippen LogP contribution in [-0.4, -0.2) is 9.97 Å². The molecule has 0 aliphatic rings. The first-order valence-electron chi connectivity index (χ1n) is 7.91. The summed E-state index contributed by atoms with van der Waals surface area (Å²) in [5, 5.41) is 2.20. The monoisotopic (exact) mass is 497 g/mol. The summed E-state index contributed by atoms with van der Waals surface area (Å²) in [6, 6.07) is 21.2. The molecule has 3 nitrogen and oxygen atoms in total. The molecule has 6 heteroatoms. The third-order valence-electron chi connectivity index (χ3n) is 3.75. The number of pyridine rings is 2. The van der Waals surface area contributed by atoms with Crippen molar-refractivity contribution in [3.8, 4) is 0 Å². The van der Waals surface area contributed by atoms with Crippen molar-refractivity contribution in [1.82, 2.24) is 16.1 Å². The van der Waals surface area contributed by atoms with Crippen LogP contribution in [-0.2, 0) is 17.1 Å². The zero-order valence-corrected chi connectivity index (χ0v) is 19.2. The SMILES string of the molecule is C=[C-]c1ccc2ccc3ccc(C)nc3c2n1.Cc1[c-]c(Br)ccc1.Cl.N.[Fe+2]. The Morgan fingerprint density at radius 2 is 1.46 bits per heavy atom. The molecule has 0 aliphatic carbocycles. The maximum atomic E-state index is 4.57. The van der Waals surface area contributed by atoms with E-state index in [0.29, 0.717) is 0 Å². The fraction of sp³-hybridized carbons (Fsp3) is 0.0909. The fourth-order valence-electron chi connectivity index (χ4n) is 2.51. The van der Waals surface area contributed by atoms with E-state index < -0.39 is 0 Å². The van der Waals surface area contributed by atoms with Crippen LogP contribution in [0.5, 0.6) is 0 Å². The molecule has 28 heavy (non-hydrogen) atoms. The molecule has 3 N–H and O–H groups in total. The molecule has 0 spiro atoms. The summed E-state index contributed by atoms with van der Waals surface area (Å²) < 4.78 is 1.03. The Hall–Kier alpha value is -1.75. The van der Waals surface area contributed by atoms with Crippen LogP contribution < -0.4 is 6.15 Å². The number of aromatic nitrogens is 2. The molecule has 4 rings (SSSR count). The van der Waals surface area contributed by atoms with Crippen molar-refractivity contribution in [1.29, 1.82) is 0 Å². The van der Waals surface area contributed by atoms with Crippen molar-refractivity contribution >= 4 is 50.1 Å². The number of hydrogen-bond acceptors (Lipinski definition) is 3. The van der Waals surface area contributed by atoms with E-state index in [1.807, 2.05) is 50.2 Å². The average molecular weight is 499 g/mol. The van der Waals surface area contributed by atoms with E-state index in [0.717, 1.165) is 37.7 Å². The smallest absolute Gasteiger partial charge is 0.344 e. The van der Waals surface area contributed by atoms with E-state index in [1.165, 1.54) is 5.56 Å². The minimum absolute atomic E-state index is 0. The topological polar surface area (TPSA) is 60.8 Å². The Morgan fingerprint density at radius 3 is 2.00 bits per heavy atom. The maximum Gasteiger partial charge on any atom is 2.00 e. The summed E-state index contributed by atoms with van der Waals surface area (Å²) in [6.45, 7) is 7.63. The quantitative estimate of drug-likeness (QED) is 0.183. The number of nitrogens with zero attached hydrogens (tertiary/aromatic N) is 2. The van der Waals surface area contributed by atoms with Crippen molar-refractivity contribution in [2.75, 3.05) is 0 Å². The van der Waals surface area contributed by atoms with Gasteiger partial charge in [-0.1, -0.05) is 45.5 Å².